The summed E-state index contributed by atoms with van der Waals surface area (Å²) < 4.78 is 0. The quantitative estimate of drug-likeness (QED) is 0.870. The standard InChI is InChI=1S/C14H19NOS/c1-9-7-10(2)13(11(3)8-9)15-14(16)12-5-4-6-17-12/h7-8,12H,4-6H2,1-3H3,(H,15,16). The Hall–Kier alpha value is -0.960. The fraction of sp³-hybridized carbons (Fsp3) is 0.500. The minimum Gasteiger partial charge on any atom is -0.325 e. The predicted molar refractivity (Wildman–Crippen MR) is 74.8 cm³/mol. The summed E-state index contributed by atoms with van der Waals surface area (Å²) in [6.45, 7) is 6.19. The van der Waals surface area contributed by atoms with Crippen molar-refractivity contribution in [2.45, 2.75) is 38.9 Å². The van der Waals surface area contributed by atoms with E-state index in [0.29, 0.717) is 0 Å². The lowest BCUT2D eigenvalue weighted by Crippen LogP contribution is -2.23. The zero-order valence-corrected chi connectivity index (χ0v) is 11.5. The van der Waals surface area contributed by atoms with Crippen molar-refractivity contribution in [2.75, 3.05) is 11.1 Å². The molecule has 0 spiro atoms. The first-order valence-corrected chi connectivity index (χ1v) is 7.13. The van der Waals surface area contributed by atoms with Crippen LogP contribution in [0.15, 0.2) is 12.1 Å². The molecule has 0 aliphatic carbocycles. The highest BCUT2D eigenvalue weighted by Crippen LogP contribution is 2.29. The molecule has 92 valence electrons. The SMILES string of the molecule is Cc1cc(C)c(NC(=O)C2CCCS2)c(C)c1. The van der Waals surface area contributed by atoms with Gasteiger partial charge in [-0.1, -0.05) is 17.7 Å². The van der Waals surface area contributed by atoms with Crippen LogP contribution in [0.5, 0.6) is 0 Å². The number of nitrogens with one attached hydrogen (secondary N) is 1. The highest BCUT2D eigenvalue weighted by molar-refractivity contribution is 8.00. The summed E-state index contributed by atoms with van der Waals surface area (Å²) in [5.41, 5.74) is 4.54. The van der Waals surface area contributed by atoms with E-state index in [1.807, 2.05) is 0 Å². The second-order valence-electron chi connectivity index (χ2n) is 4.76. The molecular formula is C14H19NOS. The Morgan fingerprint density at radius 3 is 2.47 bits per heavy atom. The molecule has 2 rings (SSSR count). The number of aryl methyl sites for hydroxylation is 3. The molecule has 17 heavy (non-hydrogen) atoms. The molecule has 1 amide bonds. The van der Waals surface area contributed by atoms with Crippen molar-refractivity contribution in [1.82, 2.24) is 0 Å². The lowest BCUT2D eigenvalue weighted by Gasteiger charge is -2.15. The highest BCUT2D eigenvalue weighted by Gasteiger charge is 2.24. The average molecular weight is 249 g/mol. The van der Waals surface area contributed by atoms with Gasteiger partial charge in [0, 0.05) is 5.69 Å². The lowest BCUT2D eigenvalue weighted by molar-refractivity contribution is -0.115. The molecule has 1 saturated heterocycles. The average Bonchev–Trinajstić information content (AvgIpc) is 2.76. The molecule has 0 saturated carbocycles. The van der Waals surface area contributed by atoms with Crippen molar-refractivity contribution in [2.24, 2.45) is 0 Å². The molecule has 1 aliphatic rings. The molecule has 1 fully saturated rings. The fourth-order valence-corrected chi connectivity index (χ4v) is 3.53. The molecule has 0 aromatic heterocycles. The van der Waals surface area contributed by atoms with Crippen LogP contribution in [0.2, 0.25) is 0 Å². The minimum atomic E-state index is 0.148. The van der Waals surface area contributed by atoms with Crippen LogP contribution < -0.4 is 5.32 Å². The van der Waals surface area contributed by atoms with Crippen LogP contribution in [-0.2, 0) is 4.79 Å². The predicted octanol–water partition coefficient (Wildman–Crippen LogP) is 3.45. The Morgan fingerprint density at radius 2 is 1.94 bits per heavy atom. The van der Waals surface area contributed by atoms with Crippen molar-refractivity contribution in [3.63, 3.8) is 0 Å². The Morgan fingerprint density at radius 1 is 1.29 bits per heavy atom. The van der Waals surface area contributed by atoms with E-state index >= 15 is 0 Å². The van der Waals surface area contributed by atoms with Gasteiger partial charge in [0.15, 0.2) is 0 Å². The molecule has 0 radical (unpaired) electrons. The summed E-state index contributed by atoms with van der Waals surface area (Å²) in [5.74, 6) is 1.28. The third-order valence-electron chi connectivity index (χ3n) is 3.15. The van der Waals surface area contributed by atoms with E-state index in [4.69, 9.17) is 0 Å². The molecule has 1 N–H and O–H groups in total. The molecule has 1 aromatic carbocycles. The molecule has 1 heterocycles. The number of hydrogen-bond acceptors (Lipinski definition) is 2. The van der Waals surface area contributed by atoms with Crippen molar-refractivity contribution in [1.29, 1.82) is 0 Å². The van der Waals surface area contributed by atoms with Gasteiger partial charge in [-0.2, -0.15) is 0 Å². The summed E-state index contributed by atoms with van der Waals surface area (Å²) in [7, 11) is 0. The first kappa shape index (κ1) is 12.5. The smallest absolute Gasteiger partial charge is 0.237 e. The molecule has 3 heteroatoms. The Bertz CT molecular complexity index is 413. The summed E-state index contributed by atoms with van der Waals surface area (Å²) in [6, 6.07) is 4.23. The van der Waals surface area contributed by atoms with Crippen LogP contribution in [0.3, 0.4) is 0 Å². The van der Waals surface area contributed by atoms with Gasteiger partial charge in [-0.15, -0.1) is 11.8 Å². The number of carbonyl (C=O) groups excluding carboxylic acids is 1. The first-order chi connectivity index (χ1) is 8.08. The Balaban J connectivity index is 2.15. The van der Waals surface area contributed by atoms with Crippen molar-refractivity contribution in [3.05, 3.63) is 28.8 Å². The second-order valence-corrected chi connectivity index (χ2v) is 6.08. The number of rotatable bonds is 2. The summed E-state index contributed by atoms with van der Waals surface area (Å²) >= 11 is 1.77. The van der Waals surface area contributed by atoms with Crippen molar-refractivity contribution < 1.29 is 4.79 Å². The fourth-order valence-electron chi connectivity index (χ4n) is 2.37. The summed E-state index contributed by atoms with van der Waals surface area (Å²) in [4.78, 5) is 12.1. The number of thioether (sulfide) groups is 1. The molecule has 1 aliphatic heterocycles. The van der Waals surface area contributed by atoms with Gasteiger partial charge >= 0.3 is 0 Å². The third-order valence-corrected chi connectivity index (χ3v) is 4.52. The zero-order valence-electron chi connectivity index (χ0n) is 10.7. The van der Waals surface area contributed by atoms with Gasteiger partial charge in [-0.25, -0.2) is 0 Å². The molecule has 2 nitrogen and oxygen atoms in total. The van der Waals surface area contributed by atoms with E-state index in [2.05, 4.69) is 38.2 Å². The first-order valence-electron chi connectivity index (χ1n) is 6.08. The number of carbonyl (C=O) groups is 1. The normalized spacial score (nSPS) is 19.4. The van der Waals surface area contributed by atoms with Crippen molar-refractivity contribution in [3.8, 4) is 0 Å². The zero-order chi connectivity index (χ0) is 12.4. The topological polar surface area (TPSA) is 29.1 Å². The molecule has 1 atom stereocenters. The highest BCUT2D eigenvalue weighted by atomic mass is 32.2. The third kappa shape index (κ3) is 2.83. The van der Waals surface area contributed by atoms with Crippen LogP contribution in [0.1, 0.15) is 29.5 Å². The number of anilines is 1. The van der Waals surface area contributed by atoms with Gasteiger partial charge in [-0.3, -0.25) is 4.79 Å². The van der Waals surface area contributed by atoms with Crippen LogP contribution in [0.4, 0.5) is 5.69 Å². The molecular weight excluding hydrogens is 230 g/mol. The number of benzene rings is 1. The maximum atomic E-state index is 12.1. The second kappa shape index (κ2) is 5.13. The van der Waals surface area contributed by atoms with Gasteiger partial charge in [0.1, 0.15) is 0 Å². The summed E-state index contributed by atoms with van der Waals surface area (Å²) in [5, 5.41) is 3.24. The van der Waals surface area contributed by atoms with Gasteiger partial charge in [0.05, 0.1) is 5.25 Å². The lowest BCUT2D eigenvalue weighted by atomic mass is 10.0. The van der Waals surface area contributed by atoms with Gasteiger partial charge in [0.2, 0.25) is 5.91 Å². The van der Waals surface area contributed by atoms with Crippen LogP contribution >= 0.6 is 11.8 Å². The van der Waals surface area contributed by atoms with Crippen molar-refractivity contribution >= 4 is 23.4 Å². The summed E-state index contributed by atoms with van der Waals surface area (Å²) in [6.07, 6.45) is 2.18. The molecule has 1 aromatic rings. The monoisotopic (exact) mass is 249 g/mol. The minimum absolute atomic E-state index is 0.148. The van der Waals surface area contributed by atoms with Crippen LogP contribution in [0, 0.1) is 20.8 Å². The van der Waals surface area contributed by atoms with E-state index in [-0.39, 0.29) is 11.2 Å². The van der Waals surface area contributed by atoms with Crippen LogP contribution in [0.25, 0.3) is 0 Å². The van der Waals surface area contributed by atoms with Gasteiger partial charge in [0.25, 0.3) is 0 Å². The van der Waals surface area contributed by atoms with Gasteiger partial charge in [-0.05, 0) is 50.5 Å². The van der Waals surface area contributed by atoms with E-state index in [1.165, 1.54) is 5.56 Å². The van der Waals surface area contributed by atoms with E-state index in [1.54, 1.807) is 11.8 Å². The molecule has 1 unspecified atom stereocenters. The Labute approximate surface area is 107 Å². The number of hydrogen-bond donors (Lipinski definition) is 1. The van der Waals surface area contributed by atoms with E-state index in [9.17, 15) is 4.79 Å². The van der Waals surface area contributed by atoms with Crippen LogP contribution in [-0.4, -0.2) is 16.9 Å². The van der Waals surface area contributed by atoms with Gasteiger partial charge < -0.3 is 5.32 Å². The largest absolute Gasteiger partial charge is 0.325 e. The number of amides is 1. The maximum absolute atomic E-state index is 12.1. The molecule has 0 bridgehead atoms. The van der Waals surface area contributed by atoms with E-state index in [0.717, 1.165) is 35.4 Å². The van der Waals surface area contributed by atoms with E-state index < -0.39 is 0 Å². The Kier molecular flexibility index (Phi) is 3.77. The maximum Gasteiger partial charge on any atom is 0.237 e.